The molecule has 4 nitrogen and oxygen atoms in total. The quantitative estimate of drug-likeness (QED) is 0.705. The molecule has 1 N–H and O–H groups in total. The molecule has 0 aliphatic rings. The molecule has 0 radical (unpaired) electrons. The van der Waals surface area contributed by atoms with Crippen LogP contribution in [0.15, 0.2) is 18.6 Å². The number of nitrogens with zero attached hydrogens (tertiary/aromatic N) is 3. The Morgan fingerprint density at radius 2 is 2.00 bits per heavy atom. The van der Waals surface area contributed by atoms with E-state index < -0.39 is 11.7 Å². The van der Waals surface area contributed by atoms with Crippen LogP contribution in [0, 0.1) is 0 Å². The first-order valence-electron chi connectivity index (χ1n) is 3.58. The van der Waals surface area contributed by atoms with E-state index in [4.69, 9.17) is 5.11 Å². The molecule has 0 aliphatic heterocycles. The molecule has 0 spiro atoms. The summed E-state index contributed by atoms with van der Waals surface area (Å²) >= 11 is 0. The van der Waals surface area contributed by atoms with E-state index in [1.54, 1.807) is 0 Å². The van der Waals surface area contributed by atoms with Crippen LogP contribution < -0.4 is 0 Å². The highest BCUT2D eigenvalue weighted by Gasteiger charge is 2.35. The molecule has 0 amide bonds. The number of hydrogen-bond acceptors (Lipinski definition) is 3. The molecule has 0 aliphatic carbocycles. The van der Waals surface area contributed by atoms with E-state index in [1.165, 1.54) is 0 Å². The number of rotatable bonds is 0. The van der Waals surface area contributed by atoms with Gasteiger partial charge in [0.15, 0.2) is 11.4 Å². The highest BCUT2D eigenvalue weighted by atomic mass is 19.4. The fourth-order valence-corrected chi connectivity index (χ4v) is 1.06. The molecular weight excluding hydrogens is 199 g/mol. The summed E-state index contributed by atoms with van der Waals surface area (Å²) in [6, 6.07) is 0. The van der Waals surface area contributed by atoms with Gasteiger partial charge in [0.2, 0.25) is 0 Å². The second kappa shape index (κ2) is 2.60. The van der Waals surface area contributed by atoms with Crippen molar-refractivity contribution in [2.24, 2.45) is 0 Å². The molecule has 0 unspecified atom stereocenters. The summed E-state index contributed by atoms with van der Waals surface area (Å²) in [4.78, 5) is 3.44. The van der Waals surface area contributed by atoms with Gasteiger partial charge in [-0.1, -0.05) is 0 Å². The molecule has 0 saturated carbocycles. The summed E-state index contributed by atoms with van der Waals surface area (Å²) in [5.41, 5.74) is -1.24. The molecule has 2 aromatic rings. The van der Waals surface area contributed by atoms with Crippen LogP contribution in [0.5, 0.6) is 5.75 Å². The van der Waals surface area contributed by atoms with Crippen LogP contribution in [-0.2, 0) is 6.18 Å². The van der Waals surface area contributed by atoms with Gasteiger partial charge in [-0.3, -0.25) is 0 Å². The number of aromatic nitrogens is 3. The third-order valence-electron chi connectivity index (χ3n) is 1.65. The maximum atomic E-state index is 12.3. The van der Waals surface area contributed by atoms with Gasteiger partial charge in [-0.05, 0) is 0 Å². The van der Waals surface area contributed by atoms with Gasteiger partial charge in [-0.15, -0.1) is 0 Å². The van der Waals surface area contributed by atoms with Crippen LogP contribution in [0.1, 0.15) is 5.56 Å². The van der Waals surface area contributed by atoms with Crippen molar-refractivity contribution in [2.45, 2.75) is 6.18 Å². The lowest BCUT2D eigenvalue weighted by atomic mass is 10.3. The number of halogens is 3. The lowest BCUT2D eigenvalue weighted by Gasteiger charge is -2.02. The summed E-state index contributed by atoms with van der Waals surface area (Å²) in [6.45, 7) is 0. The van der Waals surface area contributed by atoms with Gasteiger partial charge in [-0.2, -0.15) is 18.3 Å². The van der Waals surface area contributed by atoms with E-state index in [9.17, 15) is 13.2 Å². The SMILES string of the molecule is Oc1cnc2c(C(F)(F)F)cnn2c1. The van der Waals surface area contributed by atoms with Crippen molar-refractivity contribution in [3.05, 3.63) is 24.2 Å². The van der Waals surface area contributed by atoms with E-state index in [0.29, 0.717) is 6.20 Å². The lowest BCUT2D eigenvalue weighted by Crippen LogP contribution is -2.04. The fraction of sp³-hybridized carbons (Fsp3) is 0.143. The minimum absolute atomic E-state index is 0.241. The van der Waals surface area contributed by atoms with Gasteiger partial charge >= 0.3 is 6.18 Å². The number of fused-ring (bicyclic) bond motifs is 1. The number of alkyl halides is 3. The van der Waals surface area contributed by atoms with Gasteiger partial charge < -0.3 is 5.11 Å². The fourth-order valence-electron chi connectivity index (χ4n) is 1.06. The Balaban J connectivity index is 2.70. The third kappa shape index (κ3) is 1.26. The molecule has 0 atom stereocenters. The van der Waals surface area contributed by atoms with E-state index in [0.717, 1.165) is 16.9 Å². The Morgan fingerprint density at radius 1 is 1.29 bits per heavy atom. The van der Waals surface area contributed by atoms with Crippen molar-refractivity contribution in [2.75, 3.05) is 0 Å². The summed E-state index contributed by atoms with van der Waals surface area (Å²) in [5, 5.41) is 12.4. The van der Waals surface area contributed by atoms with Gasteiger partial charge in [0, 0.05) is 0 Å². The highest BCUT2D eigenvalue weighted by Crippen LogP contribution is 2.31. The average molecular weight is 203 g/mol. The summed E-state index contributed by atoms with van der Waals surface area (Å²) < 4.78 is 37.8. The maximum Gasteiger partial charge on any atom is 0.421 e. The smallest absolute Gasteiger partial charge is 0.421 e. The molecule has 0 aromatic carbocycles. The van der Waals surface area contributed by atoms with Gasteiger partial charge in [-0.25, -0.2) is 9.50 Å². The molecule has 2 aromatic heterocycles. The third-order valence-corrected chi connectivity index (χ3v) is 1.65. The first-order chi connectivity index (χ1) is 6.48. The molecule has 2 heterocycles. The Morgan fingerprint density at radius 3 is 2.64 bits per heavy atom. The number of aromatic hydroxyl groups is 1. The molecular formula is C7H4F3N3O. The standard InChI is InChI=1S/C7H4F3N3O/c8-7(9,10)5-2-12-13-3-4(14)1-11-6(5)13/h1-3,14H. The second-order valence-electron chi connectivity index (χ2n) is 2.64. The molecule has 0 fully saturated rings. The lowest BCUT2D eigenvalue weighted by molar-refractivity contribution is -0.136. The van der Waals surface area contributed by atoms with E-state index in [1.807, 2.05) is 0 Å². The summed E-state index contributed by atoms with van der Waals surface area (Å²) in [5.74, 6) is -0.241. The van der Waals surface area contributed by atoms with Crippen LogP contribution in [0.3, 0.4) is 0 Å². The second-order valence-corrected chi connectivity index (χ2v) is 2.64. The topological polar surface area (TPSA) is 50.4 Å². The van der Waals surface area contributed by atoms with Crippen LogP contribution >= 0.6 is 0 Å². The maximum absolute atomic E-state index is 12.3. The van der Waals surface area contributed by atoms with Crippen molar-refractivity contribution in [1.29, 1.82) is 0 Å². The van der Waals surface area contributed by atoms with Crippen molar-refractivity contribution >= 4 is 5.65 Å². The first-order valence-corrected chi connectivity index (χ1v) is 3.58. The van der Waals surface area contributed by atoms with E-state index in [2.05, 4.69) is 10.1 Å². The molecule has 74 valence electrons. The Hall–Kier alpha value is -1.79. The van der Waals surface area contributed by atoms with E-state index >= 15 is 0 Å². The minimum atomic E-state index is -4.48. The Kier molecular flexibility index (Phi) is 1.63. The summed E-state index contributed by atoms with van der Waals surface area (Å²) in [6.07, 6.45) is -1.82. The zero-order valence-electron chi connectivity index (χ0n) is 6.65. The molecule has 0 bridgehead atoms. The van der Waals surface area contributed by atoms with Crippen LogP contribution in [0.2, 0.25) is 0 Å². The average Bonchev–Trinajstić information content (AvgIpc) is 2.45. The molecule has 7 heteroatoms. The van der Waals surface area contributed by atoms with Crippen LogP contribution in [0.4, 0.5) is 13.2 Å². The Labute approximate surface area is 75.6 Å². The monoisotopic (exact) mass is 203 g/mol. The normalized spacial score (nSPS) is 12.2. The van der Waals surface area contributed by atoms with Gasteiger partial charge in [0.1, 0.15) is 5.56 Å². The van der Waals surface area contributed by atoms with Crippen molar-refractivity contribution in [3.8, 4) is 5.75 Å². The molecule has 0 saturated heterocycles. The number of hydrogen-bond donors (Lipinski definition) is 1. The Bertz CT molecular complexity index is 476. The minimum Gasteiger partial charge on any atom is -0.505 e. The first kappa shape index (κ1) is 8.79. The predicted molar refractivity (Wildman–Crippen MR) is 39.7 cm³/mol. The van der Waals surface area contributed by atoms with Gasteiger partial charge in [0.25, 0.3) is 0 Å². The van der Waals surface area contributed by atoms with Crippen molar-refractivity contribution in [3.63, 3.8) is 0 Å². The predicted octanol–water partition coefficient (Wildman–Crippen LogP) is 1.45. The van der Waals surface area contributed by atoms with Gasteiger partial charge in [0.05, 0.1) is 18.6 Å². The molecule has 2 rings (SSSR count). The van der Waals surface area contributed by atoms with Crippen LogP contribution in [0.25, 0.3) is 5.65 Å². The highest BCUT2D eigenvalue weighted by molar-refractivity contribution is 5.48. The molecule has 14 heavy (non-hydrogen) atoms. The zero-order valence-corrected chi connectivity index (χ0v) is 6.65. The largest absolute Gasteiger partial charge is 0.505 e. The van der Waals surface area contributed by atoms with E-state index in [-0.39, 0.29) is 11.4 Å². The van der Waals surface area contributed by atoms with Crippen molar-refractivity contribution < 1.29 is 18.3 Å². The van der Waals surface area contributed by atoms with Crippen molar-refractivity contribution in [1.82, 2.24) is 14.6 Å². The zero-order chi connectivity index (χ0) is 10.3. The van der Waals surface area contributed by atoms with Crippen LogP contribution in [-0.4, -0.2) is 19.7 Å². The summed E-state index contributed by atoms with van der Waals surface area (Å²) in [7, 11) is 0.